The Kier molecular flexibility index (Phi) is 7.50. The van der Waals surface area contributed by atoms with Crippen molar-refractivity contribution < 1.29 is 9.47 Å². The molecule has 4 rings (SSSR count). The molecule has 1 N–H and O–H groups in total. The molecule has 1 atom stereocenters. The normalized spacial score (nSPS) is 16.2. The van der Waals surface area contributed by atoms with Crippen molar-refractivity contribution in [3.8, 4) is 11.5 Å². The molecule has 1 aliphatic heterocycles. The number of aliphatic imine (C=N–C) groups is 1. The molecule has 1 fully saturated rings. The summed E-state index contributed by atoms with van der Waals surface area (Å²) in [6.07, 6.45) is 4.93. The van der Waals surface area contributed by atoms with E-state index >= 15 is 0 Å². The lowest BCUT2D eigenvalue weighted by Gasteiger charge is -2.22. The van der Waals surface area contributed by atoms with Crippen molar-refractivity contribution in [2.45, 2.75) is 32.4 Å². The Labute approximate surface area is 196 Å². The molecule has 0 spiro atoms. The maximum atomic E-state index is 5.46. The van der Waals surface area contributed by atoms with Gasteiger partial charge >= 0.3 is 0 Å². The predicted molar refractivity (Wildman–Crippen MR) is 131 cm³/mol. The molecule has 1 unspecified atom stereocenters. The quantitative estimate of drug-likeness (QED) is 0.419. The molecule has 0 saturated carbocycles. The monoisotopic (exact) mass is 447 g/mol. The molecule has 0 radical (unpaired) electrons. The number of aromatic nitrogens is 2. The van der Waals surface area contributed by atoms with E-state index in [2.05, 4.69) is 63.1 Å². The van der Waals surface area contributed by atoms with Crippen LogP contribution in [0.1, 0.15) is 36.2 Å². The van der Waals surface area contributed by atoms with Crippen molar-refractivity contribution in [3.05, 3.63) is 77.9 Å². The molecule has 1 aromatic heterocycles. The molecule has 7 heteroatoms. The summed E-state index contributed by atoms with van der Waals surface area (Å²) in [6.45, 7) is 6.12. The van der Waals surface area contributed by atoms with Crippen LogP contribution in [0.3, 0.4) is 0 Å². The zero-order valence-corrected chi connectivity index (χ0v) is 19.7. The highest BCUT2D eigenvalue weighted by molar-refractivity contribution is 5.80. The average molecular weight is 448 g/mol. The number of rotatable bonds is 8. The second kappa shape index (κ2) is 10.9. The van der Waals surface area contributed by atoms with Crippen molar-refractivity contribution in [1.82, 2.24) is 19.8 Å². The second-order valence-corrected chi connectivity index (χ2v) is 8.20. The predicted octanol–water partition coefficient (Wildman–Crippen LogP) is 3.90. The standard InChI is InChI=1S/C26H33N5O2/c1-4-27-26(29-17-25-28-11-13-30(25)18-20-8-6-5-7-9-20)31-12-10-21(19-31)22-14-23(32-2)16-24(15-22)33-3/h5-9,11,13-16,21H,4,10,12,17-19H2,1-3H3,(H,27,29). The third-order valence-corrected chi connectivity index (χ3v) is 6.04. The summed E-state index contributed by atoms with van der Waals surface area (Å²) < 4.78 is 13.1. The SMILES string of the molecule is CCNC(=NCc1nccn1Cc1ccccc1)N1CCC(c2cc(OC)cc(OC)c2)C1. The minimum Gasteiger partial charge on any atom is -0.497 e. The van der Waals surface area contributed by atoms with E-state index in [0.717, 1.165) is 55.9 Å². The summed E-state index contributed by atoms with van der Waals surface area (Å²) in [5, 5.41) is 3.46. The van der Waals surface area contributed by atoms with Crippen LogP contribution in [-0.2, 0) is 13.1 Å². The highest BCUT2D eigenvalue weighted by Gasteiger charge is 2.27. The molecule has 174 valence electrons. The van der Waals surface area contributed by atoms with Gasteiger partial charge in [-0.2, -0.15) is 0 Å². The number of nitrogens with one attached hydrogen (secondary N) is 1. The van der Waals surface area contributed by atoms with Gasteiger partial charge < -0.3 is 24.3 Å². The molecule has 1 aliphatic rings. The van der Waals surface area contributed by atoms with E-state index in [9.17, 15) is 0 Å². The maximum Gasteiger partial charge on any atom is 0.194 e. The molecule has 0 aliphatic carbocycles. The molecule has 2 heterocycles. The van der Waals surface area contributed by atoms with E-state index in [-0.39, 0.29) is 0 Å². The first-order chi connectivity index (χ1) is 16.2. The lowest BCUT2D eigenvalue weighted by Crippen LogP contribution is -2.40. The topological polar surface area (TPSA) is 63.9 Å². The third kappa shape index (κ3) is 5.66. The molecule has 2 aromatic carbocycles. The minimum atomic E-state index is 0.401. The van der Waals surface area contributed by atoms with E-state index in [1.807, 2.05) is 24.5 Å². The van der Waals surface area contributed by atoms with E-state index in [0.29, 0.717) is 12.5 Å². The number of nitrogens with zero attached hydrogens (tertiary/aromatic N) is 4. The first-order valence-electron chi connectivity index (χ1n) is 11.5. The van der Waals surface area contributed by atoms with Crippen LogP contribution >= 0.6 is 0 Å². The molecule has 3 aromatic rings. The zero-order valence-electron chi connectivity index (χ0n) is 19.7. The number of likely N-dealkylation sites (tertiary alicyclic amines) is 1. The number of ether oxygens (including phenoxy) is 2. The molecular formula is C26H33N5O2. The number of benzene rings is 2. The van der Waals surface area contributed by atoms with Gasteiger partial charge in [0.05, 0.1) is 14.2 Å². The summed E-state index contributed by atoms with van der Waals surface area (Å²) in [5.41, 5.74) is 2.49. The highest BCUT2D eigenvalue weighted by atomic mass is 16.5. The highest BCUT2D eigenvalue weighted by Crippen LogP contribution is 2.33. The van der Waals surface area contributed by atoms with E-state index in [1.54, 1.807) is 14.2 Å². The Morgan fingerprint density at radius 1 is 1.12 bits per heavy atom. The van der Waals surface area contributed by atoms with E-state index in [4.69, 9.17) is 14.5 Å². The van der Waals surface area contributed by atoms with E-state index in [1.165, 1.54) is 11.1 Å². The molecular weight excluding hydrogens is 414 g/mol. The van der Waals surface area contributed by atoms with Gasteiger partial charge in [0.25, 0.3) is 0 Å². The number of guanidine groups is 1. The number of methoxy groups -OCH3 is 2. The molecule has 1 saturated heterocycles. The summed E-state index contributed by atoms with van der Waals surface area (Å²) in [6, 6.07) is 16.6. The van der Waals surface area contributed by atoms with Gasteiger partial charge in [-0.3, -0.25) is 0 Å². The van der Waals surface area contributed by atoms with Crippen LogP contribution in [0, 0.1) is 0 Å². The Bertz CT molecular complexity index is 1040. The van der Waals surface area contributed by atoms with Gasteiger partial charge in [-0.05, 0) is 36.6 Å². The van der Waals surface area contributed by atoms with Crippen LogP contribution in [0.15, 0.2) is 65.9 Å². The maximum absolute atomic E-state index is 5.46. The number of hydrogen-bond acceptors (Lipinski definition) is 4. The summed E-state index contributed by atoms with van der Waals surface area (Å²) >= 11 is 0. The number of hydrogen-bond donors (Lipinski definition) is 1. The van der Waals surface area contributed by atoms with Crippen molar-refractivity contribution in [2.24, 2.45) is 4.99 Å². The molecule has 0 bridgehead atoms. The Morgan fingerprint density at radius 2 is 1.88 bits per heavy atom. The van der Waals surface area contributed by atoms with Crippen LogP contribution < -0.4 is 14.8 Å². The van der Waals surface area contributed by atoms with Crippen molar-refractivity contribution in [1.29, 1.82) is 0 Å². The second-order valence-electron chi connectivity index (χ2n) is 8.20. The van der Waals surface area contributed by atoms with Crippen molar-refractivity contribution in [2.75, 3.05) is 33.9 Å². The van der Waals surface area contributed by atoms with Crippen LogP contribution in [-0.4, -0.2) is 54.3 Å². The molecule has 33 heavy (non-hydrogen) atoms. The van der Waals surface area contributed by atoms with Gasteiger partial charge in [0.1, 0.15) is 23.9 Å². The Morgan fingerprint density at radius 3 is 2.58 bits per heavy atom. The number of imidazole rings is 1. The van der Waals surface area contributed by atoms with Gasteiger partial charge in [0, 0.05) is 50.6 Å². The van der Waals surface area contributed by atoms with Gasteiger partial charge in [0.15, 0.2) is 5.96 Å². The van der Waals surface area contributed by atoms with Gasteiger partial charge in [-0.1, -0.05) is 30.3 Å². The third-order valence-electron chi connectivity index (χ3n) is 6.04. The van der Waals surface area contributed by atoms with Gasteiger partial charge in [-0.15, -0.1) is 0 Å². The average Bonchev–Trinajstić information content (AvgIpc) is 3.52. The fourth-order valence-electron chi connectivity index (χ4n) is 4.28. The first kappa shape index (κ1) is 22.7. The van der Waals surface area contributed by atoms with Gasteiger partial charge in [0.2, 0.25) is 0 Å². The van der Waals surface area contributed by atoms with Gasteiger partial charge in [-0.25, -0.2) is 9.98 Å². The van der Waals surface area contributed by atoms with Crippen LogP contribution in [0.25, 0.3) is 0 Å². The fraction of sp³-hybridized carbons (Fsp3) is 0.385. The first-order valence-corrected chi connectivity index (χ1v) is 11.5. The largest absolute Gasteiger partial charge is 0.497 e. The summed E-state index contributed by atoms with van der Waals surface area (Å²) in [4.78, 5) is 11.8. The molecule has 0 amide bonds. The molecule has 7 nitrogen and oxygen atoms in total. The van der Waals surface area contributed by atoms with Crippen LogP contribution in [0.4, 0.5) is 0 Å². The lowest BCUT2D eigenvalue weighted by atomic mass is 9.98. The van der Waals surface area contributed by atoms with Crippen LogP contribution in [0.5, 0.6) is 11.5 Å². The Balaban J connectivity index is 1.46. The summed E-state index contributed by atoms with van der Waals surface area (Å²) in [7, 11) is 3.38. The van der Waals surface area contributed by atoms with E-state index < -0.39 is 0 Å². The zero-order chi connectivity index (χ0) is 23.0. The fourth-order valence-corrected chi connectivity index (χ4v) is 4.28. The van der Waals surface area contributed by atoms with Crippen molar-refractivity contribution >= 4 is 5.96 Å². The lowest BCUT2D eigenvalue weighted by molar-refractivity contribution is 0.392. The summed E-state index contributed by atoms with van der Waals surface area (Å²) in [5.74, 6) is 3.95. The smallest absolute Gasteiger partial charge is 0.194 e. The van der Waals surface area contributed by atoms with Crippen LogP contribution in [0.2, 0.25) is 0 Å². The minimum absolute atomic E-state index is 0.401. The van der Waals surface area contributed by atoms with Crippen molar-refractivity contribution in [3.63, 3.8) is 0 Å². The Hall–Kier alpha value is -3.48.